The van der Waals surface area contributed by atoms with Crippen LogP contribution in [0.3, 0.4) is 0 Å². The third kappa shape index (κ3) is 6.90. The number of nitrogens with zero attached hydrogens (tertiary/aromatic N) is 3. The lowest BCUT2D eigenvalue weighted by Gasteiger charge is -2.21. The highest BCUT2D eigenvalue weighted by Gasteiger charge is 2.22. The van der Waals surface area contributed by atoms with Gasteiger partial charge in [0.15, 0.2) is 6.54 Å². The summed E-state index contributed by atoms with van der Waals surface area (Å²) >= 11 is 25.1. The van der Waals surface area contributed by atoms with Crippen LogP contribution >= 0.6 is 46.4 Å². The molecule has 0 bridgehead atoms. The number of aryl methyl sites for hydroxylation is 2. The summed E-state index contributed by atoms with van der Waals surface area (Å²) in [5.41, 5.74) is 4.67. The van der Waals surface area contributed by atoms with E-state index in [1.54, 1.807) is 29.2 Å². The highest BCUT2D eigenvalue weighted by Crippen LogP contribution is 2.31. The first-order valence-corrected chi connectivity index (χ1v) is 13.5. The number of carbonyl (C=O) groups is 1. The van der Waals surface area contributed by atoms with E-state index in [4.69, 9.17) is 51.1 Å². The summed E-state index contributed by atoms with van der Waals surface area (Å²) in [5.74, 6) is -0.0175. The number of anilines is 1. The molecular formula is C29H28Cl4N3O2+. The van der Waals surface area contributed by atoms with Gasteiger partial charge in [0.2, 0.25) is 6.33 Å². The second kappa shape index (κ2) is 12.5. The average Bonchev–Trinajstić information content (AvgIpc) is 3.29. The molecule has 0 N–H and O–H groups in total. The van der Waals surface area contributed by atoms with E-state index >= 15 is 0 Å². The van der Waals surface area contributed by atoms with Gasteiger partial charge in [-0.2, -0.15) is 0 Å². The Bertz CT molecular complexity index is 1430. The summed E-state index contributed by atoms with van der Waals surface area (Å²) in [5, 5.41) is 2.15. The Labute approximate surface area is 243 Å². The lowest BCUT2D eigenvalue weighted by molar-refractivity contribution is -0.683. The lowest BCUT2D eigenvalue weighted by atomic mass is 10.1. The van der Waals surface area contributed by atoms with Crippen LogP contribution in [0.25, 0.3) is 0 Å². The summed E-state index contributed by atoms with van der Waals surface area (Å²) < 4.78 is 10.1. The van der Waals surface area contributed by atoms with Crippen LogP contribution in [0.4, 0.5) is 5.69 Å². The van der Waals surface area contributed by atoms with Crippen LogP contribution in [0.5, 0.6) is 0 Å². The number of hydrogen-bond acceptors (Lipinski definition) is 2. The molecule has 9 heteroatoms. The largest absolute Gasteiger partial charge is 0.365 e. The first-order chi connectivity index (χ1) is 18.1. The third-order valence-electron chi connectivity index (χ3n) is 6.35. The lowest BCUT2D eigenvalue weighted by Crippen LogP contribution is -2.42. The van der Waals surface area contributed by atoms with E-state index in [1.807, 2.05) is 79.1 Å². The maximum Gasteiger partial charge on any atom is 0.268 e. The number of amides is 1. The maximum absolute atomic E-state index is 13.1. The van der Waals surface area contributed by atoms with Crippen molar-refractivity contribution in [1.82, 2.24) is 4.57 Å². The molecule has 0 spiro atoms. The fraction of sp³-hybridized carbons (Fsp3) is 0.241. The maximum atomic E-state index is 13.1. The smallest absolute Gasteiger partial charge is 0.268 e. The number of aromatic nitrogens is 2. The number of rotatable bonds is 9. The fourth-order valence-electron chi connectivity index (χ4n) is 4.39. The van der Waals surface area contributed by atoms with Gasteiger partial charge in [-0.05, 0) is 54.8 Å². The van der Waals surface area contributed by atoms with Crippen molar-refractivity contribution >= 4 is 58.0 Å². The molecule has 4 rings (SSSR count). The van der Waals surface area contributed by atoms with Crippen LogP contribution in [0.2, 0.25) is 20.1 Å². The number of benzene rings is 3. The molecule has 1 unspecified atom stereocenters. The summed E-state index contributed by atoms with van der Waals surface area (Å²) in [6.07, 6.45) is 5.25. The Morgan fingerprint density at radius 3 is 2.29 bits per heavy atom. The van der Waals surface area contributed by atoms with Gasteiger partial charge in [0.1, 0.15) is 25.0 Å². The van der Waals surface area contributed by atoms with Gasteiger partial charge in [0.05, 0.1) is 6.61 Å². The Hall–Kier alpha value is -2.54. The quantitative estimate of drug-likeness (QED) is 0.188. The molecule has 0 aliphatic heterocycles. The molecule has 0 aliphatic rings. The van der Waals surface area contributed by atoms with E-state index < -0.39 is 6.10 Å². The molecule has 0 saturated heterocycles. The Kier molecular flexibility index (Phi) is 9.40. The molecule has 0 saturated carbocycles. The summed E-state index contributed by atoms with van der Waals surface area (Å²) in [4.78, 5) is 14.8. The van der Waals surface area contributed by atoms with Crippen LogP contribution in [-0.4, -0.2) is 17.5 Å². The summed E-state index contributed by atoms with van der Waals surface area (Å²) in [6, 6.07) is 16.7. The van der Waals surface area contributed by atoms with Crippen LogP contribution in [0.15, 0.2) is 73.3 Å². The number of imidazole rings is 1. The molecule has 1 amide bonds. The zero-order chi connectivity index (χ0) is 27.4. The van der Waals surface area contributed by atoms with Gasteiger partial charge in [0, 0.05) is 38.4 Å². The monoisotopic (exact) mass is 590 g/mol. The molecule has 1 heterocycles. The van der Waals surface area contributed by atoms with Crippen molar-refractivity contribution < 1.29 is 14.1 Å². The zero-order valence-electron chi connectivity index (χ0n) is 21.3. The molecule has 1 aromatic heterocycles. The van der Waals surface area contributed by atoms with Crippen LogP contribution in [0, 0.1) is 13.8 Å². The van der Waals surface area contributed by atoms with Gasteiger partial charge in [-0.15, -0.1) is 0 Å². The van der Waals surface area contributed by atoms with Crippen molar-refractivity contribution in [1.29, 1.82) is 0 Å². The van der Waals surface area contributed by atoms with Crippen molar-refractivity contribution in [3.8, 4) is 0 Å². The topological polar surface area (TPSA) is 38.4 Å². The Morgan fingerprint density at radius 1 is 0.974 bits per heavy atom. The van der Waals surface area contributed by atoms with E-state index in [1.165, 1.54) is 0 Å². The van der Waals surface area contributed by atoms with Crippen molar-refractivity contribution in [2.75, 3.05) is 11.9 Å². The second-order valence-electron chi connectivity index (χ2n) is 9.18. The molecule has 5 nitrogen and oxygen atoms in total. The number of carbonyl (C=O) groups excluding carboxylic acids is 1. The first-order valence-electron chi connectivity index (χ1n) is 12.0. The molecule has 38 heavy (non-hydrogen) atoms. The van der Waals surface area contributed by atoms with Crippen molar-refractivity contribution in [2.24, 2.45) is 0 Å². The first kappa shape index (κ1) is 28.5. The molecule has 0 fully saturated rings. The van der Waals surface area contributed by atoms with E-state index in [9.17, 15) is 4.79 Å². The van der Waals surface area contributed by atoms with Crippen molar-refractivity contribution in [3.63, 3.8) is 0 Å². The van der Waals surface area contributed by atoms with Crippen LogP contribution in [0.1, 0.15) is 28.4 Å². The number of para-hydroxylation sites is 1. The predicted molar refractivity (Wildman–Crippen MR) is 154 cm³/mol. The van der Waals surface area contributed by atoms with Gasteiger partial charge >= 0.3 is 0 Å². The Balaban J connectivity index is 1.51. The predicted octanol–water partition coefficient (Wildman–Crippen LogP) is 7.63. The molecule has 4 aromatic rings. The van der Waals surface area contributed by atoms with Gasteiger partial charge in [-0.25, -0.2) is 9.13 Å². The van der Waals surface area contributed by atoms with E-state index in [0.29, 0.717) is 26.6 Å². The van der Waals surface area contributed by atoms with Crippen molar-refractivity contribution in [3.05, 3.63) is 116 Å². The van der Waals surface area contributed by atoms with Crippen LogP contribution < -0.4 is 9.47 Å². The van der Waals surface area contributed by atoms with Crippen LogP contribution in [-0.2, 0) is 29.2 Å². The van der Waals surface area contributed by atoms with E-state index in [2.05, 4.69) is 0 Å². The van der Waals surface area contributed by atoms with Gasteiger partial charge in [0.25, 0.3) is 5.91 Å². The Morgan fingerprint density at radius 2 is 1.63 bits per heavy atom. The molecule has 3 aromatic carbocycles. The third-order valence-corrected chi connectivity index (χ3v) is 7.50. The van der Waals surface area contributed by atoms with Gasteiger partial charge in [-0.3, -0.25) is 4.79 Å². The number of ether oxygens (including phenoxy) is 1. The summed E-state index contributed by atoms with van der Waals surface area (Å²) in [6.45, 7) is 4.94. The van der Waals surface area contributed by atoms with Crippen molar-refractivity contribution in [2.45, 2.75) is 39.6 Å². The molecule has 198 valence electrons. The normalized spacial score (nSPS) is 12.0. The molecule has 1 atom stereocenters. The van der Waals surface area contributed by atoms with E-state index in [-0.39, 0.29) is 19.1 Å². The number of halogens is 4. The second-order valence-corrected chi connectivity index (χ2v) is 10.9. The number of likely N-dealkylation sites (N-methyl/N-ethyl adjacent to an activating group) is 1. The summed E-state index contributed by atoms with van der Waals surface area (Å²) in [7, 11) is 1.81. The standard InChI is InChI=1S/C29H28Cl4N3O2/c1-19-5-4-6-20(2)29(19)34(3)28(37)16-36-12-11-35(18-36)15-27(24-10-9-23(31)14-26(24)33)38-17-21-7-8-22(30)13-25(21)32/h4-14,18,27H,15-17H2,1-3H3/q+1. The average molecular weight is 592 g/mol. The fourth-order valence-corrected chi connectivity index (χ4v) is 5.38. The zero-order valence-corrected chi connectivity index (χ0v) is 24.3. The highest BCUT2D eigenvalue weighted by molar-refractivity contribution is 6.35. The molecular weight excluding hydrogens is 564 g/mol. The van der Waals surface area contributed by atoms with E-state index in [0.717, 1.165) is 27.9 Å². The SMILES string of the molecule is Cc1cccc(C)c1N(C)C(=O)C[n+]1ccn(CC(OCc2ccc(Cl)cc2Cl)c2ccc(Cl)cc2Cl)c1. The molecule has 0 radical (unpaired) electrons. The van der Waals surface area contributed by atoms with Gasteiger partial charge < -0.3 is 9.64 Å². The van der Waals surface area contributed by atoms with Gasteiger partial charge in [-0.1, -0.05) is 76.7 Å². The minimum absolute atomic E-state index is 0.0175. The number of hydrogen-bond donors (Lipinski definition) is 0. The minimum Gasteiger partial charge on any atom is -0.365 e. The molecule has 0 aliphatic carbocycles. The minimum atomic E-state index is -0.402. The highest BCUT2D eigenvalue weighted by atomic mass is 35.5.